The molecule has 0 bridgehead atoms. The van der Waals surface area contributed by atoms with Gasteiger partial charge in [-0.15, -0.1) is 0 Å². The molecule has 0 heterocycles. The van der Waals surface area contributed by atoms with Gasteiger partial charge in [-0.25, -0.2) is 0 Å². The number of hydrogen-bond donors (Lipinski definition) is 2. The number of rotatable bonds is 6. The highest BCUT2D eigenvalue weighted by Crippen LogP contribution is 2.33. The molecular weight excluding hydrogens is 342 g/mol. The first-order valence-corrected chi connectivity index (χ1v) is 7.06. The molecule has 2 atom stereocenters. The van der Waals surface area contributed by atoms with Crippen molar-refractivity contribution < 1.29 is 24.2 Å². The smallest absolute Gasteiger partial charge is 0.308 e. The maximum absolute atomic E-state index is 12.3. The molecule has 1 aromatic carbocycles. The number of aliphatic carboxylic acids is 1. The van der Waals surface area contributed by atoms with Crippen LogP contribution in [0.4, 0.5) is 0 Å². The molecule has 2 N–H and O–H groups in total. The quantitative estimate of drug-likeness (QED) is 0.813. The van der Waals surface area contributed by atoms with Crippen LogP contribution in [0.15, 0.2) is 16.6 Å². The summed E-state index contributed by atoms with van der Waals surface area (Å²) in [4.78, 5) is 23.3. The number of carboxylic acids is 1. The van der Waals surface area contributed by atoms with Crippen LogP contribution in [0.1, 0.15) is 24.2 Å². The van der Waals surface area contributed by atoms with Gasteiger partial charge >= 0.3 is 5.97 Å². The molecule has 116 valence electrons. The summed E-state index contributed by atoms with van der Waals surface area (Å²) in [5.41, 5.74) is 0.271. The number of carboxylic acid groups (broad SMARTS) is 1. The van der Waals surface area contributed by atoms with E-state index in [0.29, 0.717) is 16.0 Å². The summed E-state index contributed by atoms with van der Waals surface area (Å²) in [6, 6.07) is 2.69. The molecule has 0 saturated heterocycles. The predicted molar refractivity (Wildman–Crippen MR) is 81.0 cm³/mol. The lowest BCUT2D eigenvalue weighted by Gasteiger charge is -2.19. The van der Waals surface area contributed by atoms with E-state index < -0.39 is 23.8 Å². The fourth-order valence-corrected chi connectivity index (χ4v) is 2.29. The van der Waals surface area contributed by atoms with Crippen molar-refractivity contribution in [1.29, 1.82) is 0 Å². The Morgan fingerprint density at radius 3 is 2.33 bits per heavy atom. The SMILES string of the molecule is COc1cc(Br)c(OC)c(C(=O)NC(C)C(C)C(=O)O)c1. The molecule has 21 heavy (non-hydrogen) atoms. The first-order valence-electron chi connectivity index (χ1n) is 6.27. The van der Waals surface area contributed by atoms with E-state index in [9.17, 15) is 9.59 Å². The lowest BCUT2D eigenvalue weighted by molar-refractivity contribution is -0.141. The van der Waals surface area contributed by atoms with Crippen molar-refractivity contribution in [2.45, 2.75) is 19.9 Å². The number of carbonyl (C=O) groups is 2. The summed E-state index contributed by atoms with van der Waals surface area (Å²) < 4.78 is 10.9. The summed E-state index contributed by atoms with van der Waals surface area (Å²) >= 11 is 3.31. The van der Waals surface area contributed by atoms with Gasteiger partial charge in [-0.3, -0.25) is 9.59 Å². The molecule has 1 aromatic rings. The number of benzene rings is 1. The van der Waals surface area contributed by atoms with Crippen molar-refractivity contribution in [2.24, 2.45) is 5.92 Å². The van der Waals surface area contributed by atoms with Crippen LogP contribution < -0.4 is 14.8 Å². The molecule has 0 aromatic heterocycles. The third kappa shape index (κ3) is 4.10. The molecule has 2 unspecified atom stereocenters. The Morgan fingerprint density at radius 2 is 1.86 bits per heavy atom. The van der Waals surface area contributed by atoms with Gasteiger partial charge in [0.15, 0.2) is 0 Å². The highest BCUT2D eigenvalue weighted by atomic mass is 79.9. The number of carbonyl (C=O) groups excluding carboxylic acids is 1. The van der Waals surface area contributed by atoms with Crippen molar-refractivity contribution in [3.63, 3.8) is 0 Å². The van der Waals surface area contributed by atoms with E-state index in [1.807, 2.05) is 0 Å². The monoisotopic (exact) mass is 359 g/mol. The van der Waals surface area contributed by atoms with Gasteiger partial charge in [0, 0.05) is 6.04 Å². The van der Waals surface area contributed by atoms with E-state index in [2.05, 4.69) is 21.2 Å². The second kappa shape index (κ2) is 7.31. The number of methoxy groups -OCH3 is 2. The zero-order valence-corrected chi connectivity index (χ0v) is 13.9. The molecule has 0 saturated carbocycles. The minimum absolute atomic E-state index is 0.271. The largest absolute Gasteiger partial charge is 0.497 e. The van der Waals surface area contributed by atoms with Crippen LogP contribution in [0.3, 0.4) is 0 Å². The lowest BCUT2D eigenvalue weighted by atomic mass is 10.0. The molecule has 0 fully saturated rings. The third-order valence-corrected chi connectivity index (χ3v) is 3.79. The van der Waals surface area contributed by atoms with E-state index in [0.717, 1.165) is 0 Å². The van der Waals surface area contributed by atoms with Crippen molar-refractivity contribution in [1.82, 2.24) is 5.32 Å². The van der Waals surface area contributed by atoms with Crippen LogP contribution in [0.25, 0.3) is 0 Å². The summed E-state index contributed by atoms with van der Waals surface area (Å²) in [6.07, 6.45) is 0. The maximum Gasteiger partial charge on any atom is 0.308 e. The van der Waals surface area contributed by atoms with Gasteiger partial charge < -0.3 is 19.9 Å². The Hall–Kier alpha value is -1.76. The molecule has 7 heteroatoms. The predicted octanol–water partition coefficient (Wildman–Crippen LogP) is 2.31. The van der Waals surface area contributed by atoms with E-state index in [1.54, 1.807) is 13.0 Å². The Morgan fingerprint density at radius 1 is 1.24 bits per heavy atom. The first-order chi connectivity index (χ1) is 9.81. The van der Waals surface area contributed by atoms with Crippen LogP contribution >= 0.6 is 15.9 Å². The number of hydrogen-bond acceptors (Lipinski definition) is 4. The average Bonchev–Trinajstić information content (AvgIpc) is 2.44. The van der Waals surface area contributed by atoms with Crippen LogP contribution in [0, 0.1) is 5.92 Å². The second-order valence-corrected chi connectivity index (χ2v) is 5.43. The molecule has 0 spiro atoms. The van der Waals surface area contributed by atoms with Gasteiger partial charge in [0.1, 0.15) is 11.5 Å². The summed E-state index contributed by atoms with van der Waals surface area (Å²) in [6.45, 7) is 3.17. The van der Waals surface area contributed by atoms with Crippen molar-refractivity contribution >= 4 is 27.8 Å². The van der Waals surface area contributed by atoms with Crippen molar-refractivity contribution in [3.8, 4) is 11.5 Å². The zero-order valence-electron chi connectivity index (χ0n) is 12.3. The van der Waals surface area contributed by atoms with Crippen LogP contribution in [-0.4, -0.2) is 37.2 Å². The zero-order chi connectivity index (χ0) is 16.2. The number of halogens is 1. The van der Waals surface area contributed by atoms with Gasteiger partial charge in [0.05, 0.1) is 30.2 Å². The van der Waals surface area contributed by atoms with Crippen LogP contribution in [0.2, 0.25) is 0 Å². The normalized spacial score (nSPS) is 13.2. The molecular formula is C14H18BrNO5. The fourth-order valence-electron chi connectivity index (χ4n) is 1.69. The topological polar surface area (TPSA) is 84.9 Å². The van der Waals surface area contributed by atoms with Gasteiger partial charge in [-0.1, -0.05) is 0 Å². The molecule has 0 aliphatic heterocycles. The minimum Gasteiger partial charge on any atom is -0.497 e. The summed E-state index contributed by atoms with van der Waals surface area (Å²) in [5, 5.41) is 11.6. The van der Waals surface area contributed by atoms with Crippen molar-refractivity contribution in [3.05, 3.63) is 22.2 Å². The standard InChI is InChI=1S/C14H18BrNO5/c1-7(14(18)19)8(2)16-13(17)10-5-9(20-3)6-11(15)12(10)21-4/h5-8H,1-4H3,(H,16,17)(H,18,19). The van der Waals surface area contributed by atoms with Gasteiger partial charge in [0.2, 0.25) is 0 Å². The van der Waals surface area contributed by atoms with Gasteiger partial charge in [-0.2, -0.15) is 0 Å². The maximum atomic E-state index is 12.3. The van der Waals surface area contributed by atoms with E-state index in [-0.39, 0.29) is 5.56 Å². The molecule has 0 aliphatic carbocycles. The molecule has 6 nitrogen and oxygen atoms in total. The Labute approximate surface area is 131 Å². The Kier molecular flexibility index (Phi) is 6.02. The first kappa shape index (κ1) is 17.3. The highest BCUT2D eigenvalue weighted by molar-refractivity contribution is 9.10. The number of amides is 1. The van der Waals surface area contributed by atoms with Crippen LogP contribution in [-0.2, 0) is 4.79 Å². The number of ether oxygens (including phenoxy) is 2. The Balaban J connectivity index is 3.06. The number of nitrogens with one attached hydrogen (secondary N) is 1. The van der Waals surface area contributed by atoms with Gasteiger partial charge in [-0.05, 0) is 41.9 Å². The lowest BCUT2D eigenvalue weighted by Crippen LogP contribution is -2.40. The molecule has 0 aliphatic rings. The van der Waals surface area contributed by atoms with Crippen LogP contribution in [0.5, 0.6) is 11.5 Å². The Bertz CT molecular complexity index is 546. The van der Waals surface area contributed by atoms with E-state index >= 15 is 0 Å². The fraction of sp³-hybridized carbons (Fsp3) is 0.429. The van der Waals surface area contributed by atoms with E-state index in [1.165, 1.54) is 27.2 Å². The van der Waals surface area contributed by atoms with E-state index in [4.69, 9.17) is 14.6 Å². The summed E-state index contributed by atoms with van der Waals surface area (Å²) in [7, 11) is 2.94. The molecule has 1 rings (SSSR count). The minimum atomic E-state index is -0.971. The van der Waals surface area contributed by atoms with Gasteiger partial charge in [0.25, 0.3) is 5.91 Å². The van der Waals surface area contributed by atoms with Crippen molar-refractivity contribution in [2.75, 3.05) is 14.2 Å². The molecule has 1 amide bonds. The average molecular weight is 360 g/mol. The second-order valence-electron chi connectivity index (χ2n) is 4.58. The third-order valence-electron chi connectivity index (χ3n) is 3.20. The molecule has 0 radical (unpaired) electrons. The highest BCUT2D eigenvalue weighted by Gasteiger charge is 2.24. The summed E-state index contributed by atoms with van der Waals surface area (Å²) in [5.74, 6) is -1.24.